The Bertz CT molecular complexity index is 391. The summed E-state index contributed by atoms with van der Waals surface area (Å²) in [6.07, 6.45) is 6.65. The number of anilines is 1. The molecule has 7 heteroatoms. The summed E-state index contributed by atoms with van der Waals surface area (Å²) < 4.78 is 6.73. The quantitative estimate of drug-likeness (QED) is 0.849. The minimum atomic E-state index is -0.0684. The summed E-state index contributed by atoms with van der Waals surface area (Å²) in [5.74, 6) is 0.0287. The fourth-order valence-corrected chi connectivity index (χ4v) is 2.04. The molecule has 1 aromatic heterocycles. The van der Waals surface area contributed by atoms with Crippen LogP contribution in [0.25, 0.3) is 0 Å². The Morgan fingerprint density at radius 2 is 2.47 bits per heavy atom. The number of carbonyl (C=O) groups excluding carboxylic acids is 1. The molecule has 0 aliphatic carbocycles. The number of carbonyl (C=O) groups is 1. The van der Waals surface area contributed by atoms with Gasteiger partial charge in [0.25, 0.3) is 0 Å². The minimum absolute atomic E-state index is 0. The normalized spacial score (nSPS) is 18.7. The van der Waals surface area contributed by atoms with Crippen molar-refractivity contribution in [2.45, 2.75) is 31.8 Å². The molecule has 1 atom stereocenters. The number of amides is 1. The van der Waals surface area contributed by atoms with Crippen molar-refractivity contribution in [3.05, 3.63) is 12.4 Å². The third kappa shape index (κ3) is 4.81. The smallest absolute Gasteiger partial charge is 0.241 e. The first-order valence-corrected chi connectivity index (χ1v) is 6.35. The molecular weight excluding hydrogens is 268 g/mol. The molecule has 1 aromatic rings. The number of nitrogens with one attached hydrogen (secondary N) is 2. The fraction of sp³-hybridized carbons (Fsp3) is 0.667. The molecule has 108 valence electrons. The lowest BCUT2D eigenvalue weighted by atomic mass is 10.0. The second-order valence-electron chi connectivity index (χ2n) is 4.48. The summed E-state index contributed by atoms with van der Waals surface area (Å²) in [5.41, 5.74) is 0.739. The highest BCUT2D eigenvalue weighted by Crippen LogP contribution is 2.10. The maximum Gasteiger partial charge on any atom is 0.241 e. The van der Waals surface area contributed by atoms with E-state index in [1.165, 1.54) is 0 Å². The Morgan fingerprint density at radius 1 is 1.63 bits per heavy atom. The van der Waals surface area contributed by atoms with Crippen molar-refractivity contribution in [3.63, 3.8) is 0 Å². The van der Waals surface area contributed by atoms with Gasteiger partial charge in [0, 0.05) is 13.3 Å². The first kappa shape index (κ1) is 15.9. The van der Waals surface area contributed by atoms with E-state index < -0.39 is 0 Å². The lowest BCUT2D eigenvalue weighted by molar-refractivity contribution is -0.118. The van der Waals surface area contributed by atoms with Crippen LogP contribution in [0.4, 0.5) is 5.69 Å². The van der Waals surface area contributed by atoms with Gasteiger partial charge < -0.3 is 15.4 Å². The molecule has 0 bridgehead atoms. The third-order valence-corrected chi connectivity index (χ3v) is 3.05. The molecule has 1 aliphatic rings. The number of rotatable bonds is 5. The zero-order valence-electron chi connectivity index (χ0n) is 11.1. The predicted octanol–water partition coefficient (Wildman–Crippen LogP) is 1.03. The van der Waals surface area contributed by atoms with Gasteiger partial charge in [-0.05, 0) is 19.4 Å². The summed E-state index contributed by atoms with van der Waals surface area (Å²) in [5, 5.41) is 10.3. The van der Waals surface area contributed by atoms with E-state index in [0.29, 0.717) is 13.2 Å². The molecule has 1 aliphatic heterocycles. The zero-order chi connectivity index (χ0) is 12.8. The topological polar surface area (TPSA) is 68.2 Å². The van der Waals surface area contributed by atoms with Crippen LogP contribution >= 0.6 is 12.4 Å². The Hall–Kier alpha value is -1.11. The van der Waals surface area contributed by atoms with E-state index in [1.807, 2.05) is 6.20 Å². The maximum atomic E-state index is 12.0. The lowest BCUT2D eigenvalue weighted by Gasteiger charge is -2.22. The second-order valence-corrected chi connectivity index (χ2v) is 4.48. The highest BCUT2D eigenvalue weighted by molar-refractivity contribution is 5.94. The van der Waals surface area contributed by atoms with Gasteiger partial charge in [-0.3, -0.25) is 9.48 Å². The highest BCUT2D eigenvalue weighted by atomic mass is 35.5. The van der Waals surface area contributed by atoms with Gasteiger partial charge in [0.1, 0.15) is 0 Å². The summed E-state index contributed by atoms with van der Waals surface area (Å²) in [7, 11) is 1.65. The standard InChI is InChI=1S/C12H20N4O2.ClH/c1-18-7-6-16-9-10(8-14-16)15-12(17)11-4-2-3-5-13-11;/h8-9,11,13H,2-7H2,1H3,(H,15,17);1H. The van der Waals surface area contributed by atoms with Gasteiger partial charge in [0.05, 0.1) is 31.1 Å². The lowest BCUT2D eigenvalue weighted by Crippen LogP contribution is -2.43. The first-order chi connectivity index (χ1) is 8.79. The van der Waals surface area contributed by atoms with E-state index in [1.54, 1.807) is 18.0 Å². The summed E-state index contributed by atoms with van der Waals surface area (Å²) in [6, 6.07) is -0.0684. The number of aromatic nitrogens is 2. The third-order valence-electron chi connectivity index (χ3n) is 3.05. The Morgan fingerprint density at radius 3 is 3.16 bits per heavy atom. The van der Waals surface area contributed by atoms with Gasteiger partial charge in [0.15, 0.2) is 0 Å². The number of ether oxygens (including phenoxy) is 1. The number of nitrogens with zero attached hydrogens (tertiary/aromatic N) is 2. The van der Waals surface area contributed by atoms with Crippen molar-refractivity contribution in [1.29, 1.82) is 0 Å². The van der Waals surface area contributed by atoms with Gasteiger partial charge in [-0.25, -0.2) is 0 Å². The molecule has 0 saturated carbocycles. The molecule has 19 heavy (non-hydrogen) atoms. The van der Waals surface area contributed by atoms with Gasteiger partial charge >= 0.3 is 0 Å². The SMILES string of the molecule is COCCn1cc(NC(=O)C2CCCCN2)cn1.Cl. The van der Waals surface area contributed by atoms with Crippen molar-refractivity contribution in [2.75, 3.05) is 25.6 Å². The number of hydrogen-bond donors (Lipinski definition) is 2. The zero-order valence-corrected chi connectivity index (χ0v) is 11.9. The Balaban J connectivity index is 0.00000180. The van der Waals surface area contributed by atoms with E-state index in [2.05, 4.69) is 15.7 Å². The predicted molar refractivity (Wildman–Crippen MR) is 75.6 cm³/mol. The van der Waals surface area contributed by atoms with Crippen LogP contribution in [-0.2, 0) is 16.1 Å². The second kappa shape index (κ2) is 8.14. The summed E-state index contributed by atoms with van der Waals surface area (Å²) >= 11 is 0. The van der Waals surface area contributed by atoms with Crippen molar-refractivity contribution in [2.24, 2.45) is 0 Å². The van der Waals surface area contributed by atoms with Crippen LogP contribution in [0.15, 0.2) is 12.4 Å². The van der Waals surface area contributed by atoms with Gasteiger partial charge in [0.2, 0.25) is 5.91 Å². The van der Waals surface area contributed by atoms with Crippen molar-refractivity contribution in [3.8, 4) is 0 Å². The Kier molecular flexibility index (Phi) is 6.83. The van der Waals surface area contributed by atoms with Crippen LogP contribution in [0.1, 0.15) is 19.3 Å². The molecule has 6 nitrogen and oxygen atoms in total. The summed E-state index contributed by atoms with van der Waals surface area (Å²) in [6.45, 7) is 2.22. The van der Waals surface area contributed by atoms with Crippen molar-refractivity contribution < 1.29 is 9.53 Å². The number of piperidine rings is 1. The minimum Gasteiger partial charge on any atom is -0.383 e. The number of hydrogen-bond acceptors (Lipinski definition) is 4. The van der Waals surface area contributed by atoms with Gasteiger partial charge in [-0.2, -0.15) is 5.10 Å². The molecule has 2 heterocycles. The summed E-state index contributed by atoms with van der Waals surface area (Å²) in [4.78, 5) is 12.0. The van der Waals surface area contributed by atoms with Gasteiger partial charge in [-0.1, -0.05) is 6.42 Å². The monoisotopic (exact) mass is 288 g/mol. The largest absolute Gasteiger partial charge is 0.383 e. The van der Waals surface area contributed by atoms with E-state index in [4.69, 9.17) is 4.74 Å². The molecular formula is C12H21ClN4O2. The first-order valence-electron chi connectivity index (χ1n) is 6.35. The molecule has 2 rings (SSSR count). The van der Waals surface area contributed by atoms with Crippen LogP contribution in [-0.4, -0.2) is 42.0 Å². The van der Waals surface area contributed by atoms with E-state index >= 15 is 0 Å². The molecule has 2 N–H and O–H groups in total. The van der Waals surface area contributed by atoms with Gasteiger partial charge in [-0.15, -0.1) is 12.4 Å². The average Bonchev–Trinajstić information content (AvgIpc) is 2.85. The van der Waals surface area contributed by atoms with Crippen LogP contribution in [0.5, 0.6) is 0 Å². The van der Waals surface area contributed by atoms with Crippen LogP contribution in [0.3, 0.4) is 0 Å². The van der Waals surface area contributed by atoms with Crippen LogP contribution in [0.2, 0.25) is 0 Å². The van der Waals surface area contributed by atoms with E-state index in [9.17, 15) is 4.79 Å². The van der Waals surface area contributed by atoms with Crippen molar-refractivity contribution in [1.82, 2.24) is 15.1 Å². The average molecular weight is 289 g/mol. The van der Waals surface area contributed by atoms with Crippen LogP contribution < -0.4 is 10.6 Å². The number of halogens is 1. The molecule has 1 saturated heterocycles. The fourth-order valence-electron chi connectivity index (χ4n) is 2.04. The van der Waals surface area contributed by atoms with E-state index in [0.717, 1.165) is 31.5 Å². The van der Waals surface area contributed by atoms with Crippen LogP contribution in [0, 0.1) is 0 Å². The molecule has 1 unspecified atom stereocenters. The molecule has 0 radical (unpaired) electrons. The molecule has 0 spiro atoms. The van der Waals surface area contributed by atoms with E-state index in [-0.39, 0.29) is 24.4 Å². The number of methoxy groups -OCH3 is 1. The molecule has 0 aromatic carbocycles. The van der Waals surface area contributed by atoms with Crippen molar-refractivity contribution >= 4 is 24.0 Å². The molecule has 1 fully saturated rings. The Labute approximate surface area is 119 Å². The maximum absolute atomic E-state index is 12.0. The molecule has 1 amide bonds. The highest BCUT2D eigenvalue weighted by Gasteiger charge is 2.20.